The Balaban J connectivity index is 2.20. The SMILES string of the molecule is COc1cc(Cl)ccc1C(N)Cc1ccc(Cl)s1. The number of methoxy groups -OCH3 is 1. The molecule has 0 spiro atoms. The van der Waals surface area contributed by atoms with E-state index in [1.165, 1.54) is 0 Å². The fraction of sp³-hybridized carbons (Fsp3) is 0.231. The zero-order valence-corrected chi connectivity index (χ0v) is 12.1. The van der Waals surface area contributed by atoms with Crippen molar-refractivity contribution in [1.29, 1.82) is 0 Å². The number of thiophene rings is 1. The summed E-state index contributed by atoms with van der Waals surface area (Å²) < 4.78 is 6.08. The van der Waals surface area contributed by atoms with Gasteiger partial charge >= 0.3 is 0 Å². The third kappa shape index (κ3) is 3.18. The summed E-state index contributed by atoms with van der Waals surface area (Å²) in [4.78, 5) is 1.16. The molecule has 1 heterocycles. The van der Waals surface area contributed by atoms with E-state index in [1.807, 2.05) is 24.3 Å². The van der Waals surface area contributed by atoms with E-state index < -0.39 is 0 Å². The summed E-state index contributed by atoms with van der Waals surface area (Å²) in [5.74, 6) is 0.720. The Labute approximate surface area is 120 Å². The van der Waals surface area contributed by atoms with Gasteiger partial charge in [-0.05, 0) is 24.3 Å². The van der Waals surface area contributed by atoms with Crippen LogP contribution in [0.15, 0.2) is 30.3 Å². The second-order valence-corrected chi connectivity index (χ2v) is 6.14. The lowest BCUT2D eigenvalue weighted by molar-refractivity contribution is 0.405. The lowest BCUT2D eigenvalue weighted by Gasteiger charge is -2.15. The van der Waals surface area contributed by atoms with E-state index in [0.717, 1.165) is 26.9 Å². The zero-order chi connectivity index (χ0) is 13.1. The molecular weight excluding hydrogens is 289 g/mol. The van der Waals surface area contributed by atoms with Crippen LogP contribution < -0.4 is 10.5 Å². The highest BCUT2D eigenvalue weighted by molar-refractivity contribution is 7.16. The van der Waals surface area contributed by atoms with Crippen molar-refractivity contribution in [2.45, 2.75) is 12.5 Å². The van der Waals surface area contributed by atoms with Gasteiger partial charge in [-0.2, -0.15) is 0 Å². The number of benzene rings is 1. The maximum absolute atomic E-state index is 6.20. The number of hydrogen-bond donors (Lipinski definition) is 1. The number of rotatable bonds is 4. The summed E-state index contributed by atoms with van der Waals surface area (Å²) in [6, 6.07) is 9.25. The minimum atomic E-state index is -0.132. The van der Waals surface area contributed by atoms with Crippen molar-refractivity contribution in [3.63, 3.8) is 0 Å². The first-order chi connectivity index (χ1) is 8.60. The summed E-state index contributed by atoms with van der Waals surface area (Å²) >= 11 is 13.4. The number of halogens is 2. The lowest BCUT2D eigenvalue weighted by Crippen LogP contribution is -2.13. The summed E-state index contributed by atoms with van der Waals surface area (Å²) in [5, 5.41) is 0.641. The van der Waals surface area contributed by atoms with E-state index in [0.29, 0.717) is 5.02 Å². The summed E-state index contributed by atoms with van der Waals surface area (Å²) in [6.45, 7) is 0. The average molecular weight is 302 g/mol. The predicted octanol–water partition coefficient (Wildman–Crippen LogP) is 4.31. The Morgan fingerprint density at radius 2 is 2.06 bits per heavy atom. The van der Waals surface area contributed by atoms with Gasteiger partial charge in [0.2, 0.25) is 0 Å². The number of nitrogens with two attached hydrogens (primary N) is 1. The minimum absolute atomic E-state index is 0.132. The van der Waals surface area contributed by atoms with E-state index >= 15 is 0 Å². The van der Waals surface area contributed by atoms with E-state index in [4.69, 9.17) is 33.7 Å². The molecule has 0 aliphatic rings. The Morgan fingerprint density at radius 1 is 1.28 bits per heavy atom. The molecule has 18 heavy (non-hydrogen) atoms. The molecule has 2 nitrogen and oxygen atoms in total. The number of ether oxygens (including phenoxy) is 1. The summed E-state index contributed by atoms with van der Waals surface area (Å²) in [7, 11) is 1.61. The molecule has 0 bridgehead atoms. The van der Waals surface area contributed by atoms with Gasteiger partial charge in [-0.15, -0.1) is 11.3 Å². The van der Waals surface area contributed by atoms with Crippen molar-refractivity contribution >= 4 is 34.5 Å². The average Bonchev–Trinajstić information content (AvgIpc) is 2.74. The van der Waals surface area contributed by atoms with Gasteiger partial charge in [-0.1, -0.05) is 29.3 Å². The van der Waals surface area contributed by atoms with Crippen LogP contribution in [0.2, 0.25) is 9.36 Å². The Morgan fingerprint density at radius 3 is 2.67 bits per heavy atom. The van der Waals surface area contributed by atoms with E-state index in [-0.39, 0.29) is 6.04 Å². The van der Waals surface area contributed by atoms with Gasteiger partial charge in [0.05, 0.1) is 11.4 Å². The van der Waals surface area contributed by atoms with Crippen LogP contribution >= 0.6 is 34.5 Å². The largest absolute Gasteiger partial charge is 0.496 e. The van der Waals surface area contributed by atoms with Crippen LogP contribution in [0.1, 0.15) is 16.5 Å². The molecule has 0 saturated carbocycles. The molecule has 1 unspecified atom stereocenters. The molecule has 0 saturated heterocycles. The van der Waals surface area contributed by atoms with Gasteiger partial charge in [-0.3, -0.25) is 0 Å². The van der Waals surface area contributed by atoms with Gasteiger partial charge in [-0.25, -0.2) is 0 Å². The van der Waals surface area contributed by atoms with Gasteiger partial charge in [0.1, 0.15) is 5.75 Å². The predicted molar refractivity (Wildman–Crippen MR) is 78.0 cm³/mol. The van der Waals surface area contributed by atoms with Gasteiger partial charge in [0, 0.05) is 27.9 Å². The molecule has 2 rings (SSSR count). The van der Waals surface area contributed by atoms with Gasteiger partial charge < -0.3 is 10.5 Å². The molecule has 0 aliphatic heterocycles. The quantitative estimate of drug-likeness (QED) is 0.913. The Bertz CT molecular complexity index is 542. The smallest absolute Gasteiger partial charge is 0.125 e. The standard InChI is InChI=1S/C13H13Cl2NOS/c1-17-12-6-8(14)2-4-10(12)11(16)7-9-3-5-13(15)18-9/h2-6,11H,7,16H2,1H3. The first-order valence-corrected chi connectivity index (χ1v) is 7.00. The first kappa shape index (κ1) is 13.7. The minimum Gasteiger partial charge on any atom is -0.496 e. The highest BCUT2D eigenvalue weighted by Crippen LogP contribution is 2.31. The maximum atomic E-state index is 6.20. The molecule has 1 atom stereocenters. The van der Waals surface area contributed by atoms with E-state index in [2.05, 4.69) is 0 Å². The van der Waals surface area contributed by atoms with Crippen molar-refractivity contribution in [1.82, 2.24) is 0 Å². The second kappa shape index (κ2) is 5.93. The van der Waals surface area contributed by atoms with Crippen molar-refractivity contribution in [3.05, 3.63) is 50.1 Å². The van der Waals surface area contributed by atoms with Crippen LogP contribution in [0.25, 0.3) is 0 Å². The van der Waals surface area contributed by atoms with E-state index in [9.17, 15) is 0 Å². The van der Waals surface area contributed by atoms with Crippen molar-refractivity contribution < 1.29 is 4.74 Å². The molecular formula is C13H13Cl2NOS. The maximum Gasteiger partial charge on any atom is 0.125 e. The fourth-order valence-corrected chi connectivity index (χ4v) is 3.09. The molecule has 0 amide bonds. The Kier molecular flexibility index (Phi) is 4.51. The highest BCUT2D eigenvalue weighted by Gasteiger charge is 2.14. The Hall–Kier alpha value is -0.740. The summed E-state index contributed by atoms with van der Waals surface area (Å²) in [6.07, 6.45) is 0.732. The second-order valence-electron chi connectivity index (χ2n) is 3.90. The monoisotopic (exact) mass is 301 g/mol. The molecule has 2 aromatic rings. The molecule has 0 fully saturated rings. The normalized spacial score (nSPS) is 12.4. The van der Waals surface area contributed by atoms with Crippen LogP contribution in [0.5, 0.6) is 5.75 Å². The van der Waals surface area contributed by atoms with Crippen molar-refractivity contribution in [2.75, 3.05) is 7.11 Å². The first-order valence-electron chi connectivity index (χ1n) is 5.43. The lowest BCUT2D eigenvalue weighted by atomic mass is 10.0. The number of hydrogen-bond acceptors (Lipinski definition) is 3. The van der Waals surface area contributed by atoms with Crippen molar-refractivity contribution in [2.24, 2.45) is 5.73 Å². The highest BCUT2D eigenvalue weighted by atomic mass is 35.5. The molecule has 2 N–H and O–H groups in total. The van der Waals surface area contributed by atoms with Gasteiger partial charge in [0.15, 0.2) is 0 Å². The molecule has 96 valence electrons. The fourth-order valence-electron chi connectivity index (χ4n) is 1.78. The van der Waals surface area contributed by atoms with E-state index in [1.54, 1.807) is 24.5 Å². The molecule has 1 aromatic carbocycles. The topological polar surface area (TPSA) is 35.2 Å². The molecule has 5 heteroatoms. The van der Waals surface area contributed by atoms with Crippen LogP contribution in [0.3, 0.4) is 0 Å². The molecule has 0 radical (unpaired) electrons. The van der Waals surface area contributed by atoms with Gasteiger partial charge in [0.25, 0.3) is 0 Å². The third-order valence-electron chi connectivity index (χ3n) is 2.64. The zero-order valence-electron chi connectivity index (χ0n) is 9.82. The van der Waals surface area contributed by atoms with Crippen LogP contribution in [0, 0.1) is 0 Å². The third-order valence-corrected chi connectivity index (χ3v) is 4.13. The molecule has 0 aliphatic carbocycles. The van der Waals surface area contributed by atoms with Crippen molar-refractivity contribution in [3.8, 4) is 5.75 Å². The summed E-state index contributed by atoms with van der Waals surface area (Å²) in [5.41, 5.74) is 7.15. The van der Waals surface area contributed by atoms with Crippen LogP contribution in [-0.4, -0.2) is 7.11 Å². The molecule has 1 aromatic heterocycles. The van der Waals surface area contributed by atoms with Crippen LogP contribution in [0.4, 0.5) is 0 Å². The van der Waals surface area contributed by atoms with Crippen LogP contribution in [-0.2, 0) is 6.42 Å².